The van der Waals surface area contributed by atoms with Crippen molar-refractivity contribution in [2.45, 2.75) is 38.5 Å². The van der Waals surface area contributed by atoms with Gasteiger partial charge < -0.3 is 10.0 Å². The summed E-state index contributed by atoms with van der Waals surface area (Å²) in [5.74, 6) is 0.191. The Morgan fingerprint density at radius 1 is 1.08 bits per heavy atom. The predicted octanol–water partition coefficient (Wildman–Crippen LogP) is 2.75. The topological polar surface area (TPSA) is 57.6 Å². The fraction of sp³-hybridized carbons (Fsp3) is 0.600. The molecule has 0 bridgehead atoms. The minimum Gasteiger partial charge on any atom is -0.481 e. The Morgan fingerprint density at radius 3 is 2.54 bits per heavy atom. The molecule has 1 aromatic carbocycles. The van der Waals surface area contributed by atoms with Crippen LogP contribution in [0.4, 0.5) is 0 Å². The number of likely N-dealkylation sites (tertiary alicyclic amines) is 1. The van der Waals surface area contributed by atoms with Gasteiger partial charge in [-0.15, -0.1) is 0 Å². The molecule has 2 fully saturated rings. The number of rotatable bonds is 4. The molecule has 3 atom stereocenters. The monoisotopic (exact) mass is 327 g/mol. The fourth-order valence-corrected chi connectivity index (χ4v) is 4.62. The molecule has 1 amide bonds. The van der Waals surface area contributed by atoms with Crippen molar-refractivity contribution in [1.29, 1.82) is 0 Å². The van der Waals surface area contributed by atoms with Gasteiger partial charge in [-0.2, -0.15) is 0 Å². The van der Waals surface area contributed by atoms with Crippen LogP contribution in [-0.4, -0.2) is 35.0 Å². The third-order valence-electron chi connectivity index (χ3n) is 6.17. The Kier molecular flexibility index (Phi) is 4.07. The number of aryl methyl sites for hydroxylation is 1. The van der Waals surface area contributed by atoms with Crippen molar-refractivity contribution in [1.82, 2.24) is 4.90 Å². The van der Waals surface area contributed by atoms with Crippen LogP contribution in [0.2, 0.25) is 0 Å². The van der Waals surface area contributed by atoms with E-state index in [4.69, 9.17) is 0 Å². The van der Waals surface area contributed by atoms with E-state index in [2.05, 4.69) is 24.3 Å². The molecule has 128 valence electrons. The molecule has 1 N–H and O–H groups in total. The summed E-state index contributed by atoms with van der Waals surface area (Å²) >= 11 is 0. The van der Waals surface area contributed by atoms with E-state index in [0.717, 1.165) is 32.1 Å². The van der Waals surface area contributed by atoms with Crippen molar-refractivity contribution in [3.8, 4) is 0 Å². The number of carboxylic acid groups (broad SMARTS) is 1. The van der Waals surface area contributed by atoms with Crippen molar-refractivity contribution >= 4 is 11.9 Å². The number of hydrogen-bond acceptors (Lipinski definition) is 2. The maximum absolute atomic E-state index is 12.7. The highest BCUT2D eigenvalue weighted by molar-refractivity contribution is 5.79. The van der Waals surface area contributed by atoms with Gasteiger partial charge >= 0.3 is 5.97 Å². The van der Waals surface area contributed by atoms with Crippen LogP contribution in [0.15, 0.2) is 24.3 Å². The van der Waals surface area contributed by atoms with Gasteiger partial charge in [-0.3, -0.25) is 9.59 Å². The standard InChI is InChI=1S/C20H25NO3/c22-19(10-13-5-6-14-3-1-2-4-16(14)9-13)21-11-17(15-7-8-15)18(12-21)20(23)24/h1-4,13,15,17-18H,5-12H2,(H,23,24)/t13?,17-,18+/m1/s1. The van der Waals surface area contributed by atoms with Gasteiger partial charge in [0.25, 0.3) is 0 Å². The van der Waals surface area contributed by atoms with Crippen LogP contribution in [0.5, 0.6) is 0 Å². The molecule has 1 unspecified atom stereocenters. The number of amides is 1. The lowest BCUT2D eigenvalue weighted by Gasteiger charge is -2.26. The number of benzene rings is 1. The van der Waals surface area contributed by atoms with Crippen LogP contribution in [0, 0.1) is 23.7 Å². The molecule has 4 heteroatoms. The van der Waals surface area contributed by atoms with E-state index < -0.39 is 5.97 Å². The number of carboxylic acids is 1. The molecule has 2 aliphatic carbocycles. The van der Waals surface area contributed by atoms with Gasteiger partial charge in [0, 0.05) is 19.5 Å². The maximum atomic E-state index is 12.7. The van der Waals surface area contributed by atoms with E-state index in [1.165, 1.54) is 11.1 Å². The summed E-state index contributed by atoms with van der Waals surface area (Å²) in [4.78, 5) is 26.1. The first-order valence-corrected chi connectivity index (χ1v) is 9.19. The van der Waals surface area contributed by atoms with E-state index in [9.17, 15) is 14.7 Å². The van der Waals surface area contributed by atoms with E-state index in [1.807, 2.05) is 4.90 Å². The summed E-state index contributed by atoms with van der Waals surface area (Å²) in [6.07, 6.45) is 5.93. The third-order valence-corrected chi connectivity index (χ3v) is 6.17. The van der Waals surface area contributed by atoms with Crippen molar-refractivity contribution in [3.05, 3.63) is 35.4 Å². The molecule has 0 aromatic heterocycles. The molecule has 3 aliphatic rings. The Morgan fingerprint density at radius 2 is 1.83 bits per heavy atom. The van der Waals surface area contributed by atoms with Gasteiger partial charge in [0.1, 0.15) is 0 Å². The van der Waals surface area contributed by atoms with Crippen LogP contribution in [0.3, 0.4) is 0 Å². The van der Waals surface area contributed by atoms with Gasteiger partial charge in [0.15, 0.2) is 0 Å². The summed E-state index contributed by atoms with van der Waals surface area (Å²) < 4.78 is 0. The molecule has 1 saturated carbocycles. The molecule has 4 nitrogen and oxygen atoms in total. The lowest BCUT2D eigenvalue weighted by Crippen LogP contribution is -2.32. The van der Waals surface area contributed by atoms with Gasteiger partial charge in [0.05, 0.1) is 5.92 Å². The summed E-state index contributed by atoms with van der Waals surface area (Å²) in [5.41, 5.74) is 2.80. The second-order valence-electron chi connectivity index (χ2n) is 7.83. The Bertz CT molecular complexity index is 652. The van der Waals surface area contributed by atoms with Crippen LogP contribution >= 0.6 is 0 Å². The van der Waals surface area contributed by atoms with Gasteiger partial charge in [-0.25, -0.2) is 0 Å². The molecule has 1 saturated heterocycles. The minimum atomic E-state index is -0.728. The first-order chi connectivity index (χ1) is 11.6. The van der Waals surface area contributed by atoms with Crippen LogP contribution < -0.4 is 0 Å². The Hall–Kier alpha value is -1.84. The lowest BCUT2D eigenvalue weighted by atomic mass is 9.82. The number of nitrogens with zero attached hydrogens (tertiary/aromatic N) is 1. The Labute approximate surface area is 142 Å². The quantitative estimate of drug-likeness (QED) is 0.925. The molecular weight excluding hydrogens is 302 g/mol. The normalized spacial score (nSPS) is 29.3. The van der Waals surface area contributed by atoms with E-state index in [1.54, 1.807) is 0 Å². The fourth-order valence-electron chi connectivity index (χ4n) is 4.62. The zero-order chi connectivity index (χ0) is 16.7. The molecule has 4 rings (SSSR count). The molecule has 0 radical (unpaired) electrons. The second kappa shape index (κ2) is 6.23. The lowest BCUT2D eigenvalue weighted by molar-refractivity contribution is -0.142. The van der Waals surface area contributed by atoms with Crippen molar-refractivity contribution in [3.63, 3.8) is 0 Å². The van der Waals surface area contributed by atoms with Crippen molar-refractivity contribution in [2.75, 3.05) is 13.1 Å². The highest BCUT2D eigenvalue weighted by atomic mass is 16.4. The molecular formula is C20H25NO3. The molecule has 1 aliphatic heterocycles. The van der Waals surface area contributed by atoms with Gasteiger partial charge in [0.2, 0.25) is 5.91 Å². The highest BCUT2D eigenvalue weighted by Gasteiger charge is 2.46. The summed E-state index contributed by atoms with van der Waals surface area (Å²) in [7, 11) is 0. The first-order valence-electron chi connectivity index (χ1n) is 9.19. The van der Waals surface area contributed by atoms with E-state index in [-0.39, 0.29) is 17.7 Å². The van der Waals surface area contributed by atoms with Crippen LogP contribution in [0.25, 0.3) is 0 Å². The zero-order valence-corrected chi connectivity index (χ0v) is 14.0. The van der Waals surface area contributed by atoms with Crippen LogP contribution in [-0.2, 0) is 22.4 Å². The number of hydrogen-bond donors (Lipinski definition) is 1. The molecule has 24 heavy (non-hydrogen) atoms. The largest absolute Gasteiger partial charge is 0.481 e. The van der Waals surface area contributed by atoms with Gasteiger partial charge in [-0.05, 0) is 61.0 Å². The summed E-state index contributed by atoms with van der Waals surface area (Å²) in [5, 5.41) is 9.45. The smallest absolute Gasteiger partial charge is 0.308 e. The van der Waals surface area contributed by atoms with E-state index in [0.29, 0.717) is 31.3 Å². The molecule has 1 aromatic rings. The average molecular weight is 327 g/mol. The number of fused-ring (bicyclic) bond motifs is 1. The zero-order valence-electron chi connectivity index (χ0n) is 14.0. The van der Waals surface area contributed by atoms with Crippen molar-refractivity contribution < 1.29 is 14.7 Å². The molecule has 0 spiro atoms. The molecule has 1 heterocycles. The third kappa shape index (κ3) is 3.06. The maximum Gasteiger partial charge on any atom is 0.308 e. The minimum absolute atomic E-state index is 0.161. The predicted molar refractivity (Wildman–Crippen MR) is 90.5 cm³/mol. The van der Waals surface area contributed by atoms with Crippen LogP contribution in [0.1, 0.15) is 36.8 Å². The summed E-state index contributed by atoms with van der Waals surface area (Å²) in [6.45, 7) is 1.07. The first kappa shape index (κ1) is 15.7. The number of aliphatic carboxylic acids is 1. The summed E-state index contributed by atoms with van der Waals surface area (Å²) in [6, 6.07) is 8.51. The second-order valence-corrected chi connectivity index (χ2v) is 7.83. The van der Waals surface area contributed by atoms with Gasteiger partial charge in [-0.1, -0.05) is 24.3 Å². The average Bonchev–Trinajstić information content (AvgIpc) is 3.32. The number of carbonyl (C=O) groups is 2. The SMILES string of the molecule is O=C(O)[C@H]1CN(C(=O)CC2CCc3ccccc3C2)C[C@@H]1C1CC1. The number of carbonyl (C=O) groups excluding carboxylic acids is 1. The Balaban J connectivity index is 1.38. The van der Waals surface area contributed by atoms with E-state index >= 15 is 0 Å². The highest BCUT2D eigenvalue weighted by Crippen LogP contribution is 2.44. The van der Waals surface area contributed by atoms with Crippen molar-refractivity contribution in [2.24, 2.45) is 23.7 Å².